The molecule has 0 bridgehead atoms. The lowest BCUT2D eigenvalue weighted by molar-refractivity contribution is 0.648. The van der Waals surface area contributed by atoms with Crippen LogP contribution >= 0.6 is 15.9 Å². The molecule has 84 valence electrons. The van der Waals surface area contributed by atoms with Crippen LogP contribution in [0.15, 0.2) is 18.2 Å². The van der Waals surface area contributed by atoms with E-state index >= 15 is 0 Å². The van der Waals surface area contributed by atoms with Gasteiger partial charge in [-0.3, -0.25) is 0 Å². The van der Waals surface area contributed by atoms with Gasteiger partial charge in [-0.1, -0.05) is 60.0 Å². The average Bonchev–Trinajstić information content (AvgIpc) is 2.21. The third-order valence-electron chi connectivity index (χ3n) is 3.03. The lowest BCUT2D eigenvalue weighted by Crippen LogP contribution is -2.10. The molecule has 0 nitrogen and oxygen atoms in total. The molecule has 15 heavy (non-hydrogen) atoms. The Labute approximate surface area is 102 Å². The molecule has 0 saturated carbocycles. The van der Waals surface area contributed by atoms with E-state index < -0.39 is 0 Å². The summed E-state index contributed by atoms with van der Waals surface area (Å²) in [6.07, 6.45) is 2.49. The zero-order valence-electron chi connectivity index (χ0n) is 10.2. The van der Waals surface area contributed by atoms with Gasteiger partial charge in [0.2, 0.25) is 0 Å². The standard InChI is InChI=1S/C14H21Br/c1-5-6-14(15)12(4)13-9-10(2)7-8-11(13)3/h7-9,12,14H,5-6H2,1-4H3. The van der Waals surface area contributed by atoms with Gasteiger partial charge < -0.3 is 0 Å². The van der Waals surface area contributed by atoms with Gasteiger partial charge in [0.25, 0.3) is 0 Å². The van der Waals surface area contributed by atoms with Crippen molar-refractivity contribution in [2.45, 2.75) is 51.3 Å². The molecule has 0 spiro atoms. The molecule has 1 aromatic carbocycles. The van der Waals surface area contributed by atoms with Crippen molar-refractivity contribution in [2.75, 3.05) is 0 Å². The van der Waals surface area contributed by atoms with E-state index in [9.17, 15) is 0 Å². The minimum atomic E-state index is 0.600. The van der Waals surface area contributed by atoms with Gasteiger partial charge in [0.05, 0.1) is 0 Å². The predicted molar refractivity (Wildman–Crippen MR) is 72.0 cm³/mol. The molecule has 2 unspecified atom stereocenters. The van der Waals surface area contributed by atoms with Crippen molar-refractivity contribution < 1.29 is 0 Å². The lowest BCUT2D eigenvalue weighted by atomic mass is 9.91. The van der Waals surface area contributed by atoms with E-state index in [1.165, 1.54) is 29.5 Å². The molecule has 2 atom stereocenters. The van der Waals surface area contributed by atoms with Crippen LogP contribution in [-0.4, -0.2) is 4.83 Å². The Balaban J connectivity index is 2.89. The van der Waals surface area contributed by atoms with Crippen LogP contribution in [0.4, 0.5) is 0 Å². The summed E-state index contributed by atoms with van der Waals surface area (Å²) >= 11 is 3.80. The second-order valence-corrected chi connectivity index (χ2v) is 5.63. The molecule has 0 aliphatic carbocycles. The van der Waals surface area contributed by atoms with E-state index in [0.717, 1.165) is 0 Å². The summed E-state index contributed by atoms with van der Waals surface area (Å²) in [6, 6.07) is 6.74. The van der Waals surface area contributed by atoms with Crippen LogP contribution < -0.4 is 0 Å². The molecule has 0 fully saturated rings. The zero-order chi connectivity index (χ0) is 11.4. The Morgan fingerprint density at radius 1 is 1.27 bits per heavy atom. The quantitative estimate of drug-likeness (QED) is 0.677. The van der Waals surface area contributed by atoms with Crippen molar-refractivity contribution in [3.8, 4) is 0 Å². The number of rotatable bonds is 4. The van der Waals surface area contributed by atoms with Crippen molar-refractivity contribution >= 4 is 15.9 Å². The Bertz CT molecular complexity index is 317. The monoisotopic (exact) mass is 268 g/mol. The summed E-state index contributed by atoms with van der Waals surface area (Å²) in [5.74, 6) is 0.602. The normalized spacial score (nSPS) is 15.0. The van der Waals surface area contributed by atoms with Gasteiger partial charge in [0.1, 0.15) is 0 Å². The molecular weight excluding hydrogens is 248 g/mol. The summed E-state index contributed by atoms with van der Waals surface area (Å²) in [4.78, 5) is 0.600. The van der Waals surface area contributed by atoms with Gasteiger partial charge in [-0.25, -0.2) is 0 Å². The molecule has 0 N–H and O–H groups in total. The Morgan fingerprint density at radius 2 is 1.93 bits per heavy atom. The maximum atomic E-state index is 3.80. The van der Waals surface area contributed by atoms with E-state index in [0.29, 0.717) is 10.7 Å². The van der Waals surface area contributed by atoms with Gasteiger partial charge in [0, 0.05) is 4.83 Å². The first-order chi connectivity index (χ1) is 7.06. The second kappa shape index (κ2) is 5.69. The van der Waals surface area contributed by atoms with Crippen LogP contribution in [0.5, 0.6) is 0 Å². The van der Waals surface area contributed by atoms with Crippen LogP contribution in [0, 0.1) is 13.8 Å². The molecule has 0 aliphatic rings. The lowest BCUT2D eigenvalue weighted by Gasteiger charge is -2.20. The Morgan fingerprint density at radius 3 is 2.53 bits per heavy atom. The van der Waals surface area contributed by atoms with Crippen LogP contribution in [-0.2, 0) is 0 Å². The minimum Gasteiger partial charge on any atom is -0.0884 e. The average molecular weight is 269 g/mol. The molecule has 1 heteroatoms. The Hall–Kier alpha value is -0.300. The van der Waals surface area contributed by atoms with Crippen molar-refractivity contribution in [1.29, 1.82) is 0 Å². The third-order valence-corrected chi connectivity index (χ3v) is 4.28. The van der Waals surface area contributed by atoms with Crippen molar-refractivity contribution in [1.82, 2.24) is 0 Å². The molecule has 1 rings (SSSR count). The highest BCUT2D eigenvalue weighted by atomic mass is 79.9. The van der Waals surface area contributed by atoms with Gasteiger partial charge in [-0.2, -0.15) is 0 Å². The van der Waals surface area contributed by atoms with Crippen LogP contribution in [0.3, 0.4) is 0 Å². The van der Waals surface area contributed by atoms with E-state index in [1.807, 2.05) is 0 Å². The van der Waals surface area contributed by atoms with Crippen molar-refractivity contribution in [3.05, 3.63) is 34.9 Å². The number of hydrogen-bond acceptors (Lipinski definition) is 0. The van der Waals surface area contributed by atoms with Crippen LogP contribution in [0.2, 0.25) is 0 Å². The second-order valence-electron chi connectivity index (χ2n) is 4.45. The molecule has 0 aromatic heterocycles. The molecule has 0 saturated heterocycles. The highest BCUT2D eigenvalue weighted by Crippen LogP contribution is 2.30. The fourth-order valence-corrected chi connectivity index (χ4v) is 2.71. The Kier molecular flexibility index (Phi) is 4.85. The smallest absolute Gasteiger partial charge is 0.0211 e. The third kappa shape index (κ3) is 3.34. The van der Waals surface area contributed by atoms with Crippen LogP contribution in [0.1, 0.15) is 49.3 Å². The van der Waals surface area contributed by atoms with Crippen molar-refractivity contribution in [3.63, 3.8) is 0 Å². The first-order valence-corrected chi connectivity index (χ1v) is 6.69. The summed E-state index contributed by atoms with van der Waals surface area (Å²) in [6.45, 7) is 8.93. The van der Waals surface area contributed by atoms with Crippen LogP contribution in [0.25, 0.3) is 0 Å². The summed E-state index contributed by atoms with van der Waals surface area (Å²) < 4.78 is 0. The maximum absolute atomic E-state index is 3.80. The SMILES string of the molecule is CCCC(Br)C(C)c1cc(C)ccc1C. The van der Waals surface area contributed by atoms with Gasteiger partial charge in [-0.05, 0) is 37.3 Å². The van der Waals surface area contributed by atoms with Gasteiger partial charge in [0.15, 0.2) is 0 Å². The number of hydrogen-bond donors (Lipinski definition) is 0. The number of halogens is 1. The van der Waals surface area contributed by atoms with Crippen molar-refractivity contribution in [2.24, 2.45) is 0 Å². The predicted octanol–water partition coefficient (Wildman–Crippen LogP) is 4.97. The molecule has 0 amide bonds. The van der Waals surface area contributed by atoms with E-state index in [1.54, 1.807) is 0 Å². The summed E-state index contributed by atoms with van der Waals surface area (Å²) in [5, 5.41) is 0. The highest BCUT2D eigenvalue weighted by Gasteiger charge is 2.16. The van der Waals surface area contributed by atoms with E-state index in [4.69, 9.17) is 0 Å². The van der Waals surface area contributed by atoms with Gasteiger partial charge in [-0.15, -0.1) is 0 Å². The fraction of sp³-hybridized carbons (Fsp3) is 0.571. The van der Waals surface area contributed by atoms with Gasteiger partial charge >= 0.3 is 0 Å². The number of alkyl halides is 1. The summed E-state index contributed by atoms with van der Waals surface area (Å²) in [7, 11) is 0. The van der Waals surface area contributed by atoms with E-state index in [-0.39, 0.29) is 0 Å². The first-order valence-electron chi connectivity index (χ1n) is 5.77. The largest absolute Gasteiger partial charge is 0.0884 e. The number of benzene rings is 1. The highest BCUT2D eigenvalue weighted by molar-refractivity contribution is 9.09. The maximum Gasteiger partial charge on any atom is 0.0211 e. The van der Waals surface area contributed by atoms with E-state index in [2.05, 4.69) is 61.8 Å². The molecule has 1 aromatic rings. The number of aryl methyl sites for hydroxylation is 2. The molecule has 0 radical (unpaired) electrons. The molecule has 0 heterocycles. The molecular formula is C14H21Br. The minimum absolute atomic E-state index is 0.600. The first kappa shape index (κ1) is 12.8. The zero-order valence-corrected chi connectivity index (χ0v) is 11.8. The topological polar surface area (TPSA) is 0 Å². The summed E-state index contributed by atoms with van der Waals surface area (Å²) in [5.41, 5.74) is 4.26. The fourth-order valence-electron chi connectivity index (χ4n) is 1.97. The molecule has 0 aliphatic heterocycles.